The maximum Gasteiger partial charge on any atom is 0.129 e. The normalized spacial score (nSPS) is 12.7. The number of benzene rings is 1. The van der Waals surface area contributed by atoms with E-state index in [-0.39, 0.29) is 5.82 Å². The van der Waals surface area contributed by atoms with Gasteiger partial charge in [-0.3, -0.25) is 0 Å². The van der Waals surface area contributed by atoms with Gasteiger partial charge in [0.05, 0.1) is 10.6 Å². The Labute approximate surface area is 116 Å². The maximum atomic E-state index is 14.1. The first-order valence-corrected chi connectivity index (χ1v) is 7.07. The Bertz CT molecular complexity index is 560. The van der Waals surface area contributed by atoms with E-state index in [1.807, 2.05) is 26.8 Å². The van der Waals surface area contributed by atoms with E-state index in [0.29, 0.717) is 10.4 Å². The third-order valence-electron chi connectivity index (χ3n) is 3.07. The van der Waals surface area contributed by atoms with E-state index in [2.05, 4.69) is 9.59 Å². The number of aryl methyl sites for hydroxylation is 3. The molecule has 1 N–H and O–H groups in total. The standard InChI is InChI=1S/C14H17FN2OS/c1-4-5-11-14(19-17-16-11)13(18)12-9(3)6-8(2)7-10(12)15/h6-7,13,18H,4-5H2,1-3H3. The van der Waals surface area contributed by atoms with Gasteiger partial charge in [0.15, 0.2) is 0 Å². The molecule has 0 fully saturated rings. The van der Waals surface area contributed by atoms with Gasteiger partial charge in [-0.05, 0) is 49.0 Å². The van der Waals surface area contributed by atoms with Gasteiger partial charge in [-0.25, -0.2) is 4.39 Å². The van der Waals surface area contributed by atoms with Crippen LogP contribution in [0.3, 0.4) is 0 Å². The summed E-state index contributed by atoms with van der Waals surface area (Å²) in [6, 6.07) is 3.31. The van der Waals surface area contributed by atoms with E-state index < -0.39 is 6.10 Å². The molecular formula is C14H17FN2OS. The van der Waals surface area contributed by atoms with Crippen LogP contribution in [-0.4, -0.2) is 14.7 Å². The third kappa shape index (κ3) is 2.82. The van der Waals surface area contributed by atoms with Crippen molar-refractivity contribution in [2.45, 2.75) is 39.7 Å². The third-order valence-corrected chi connectivity index (χ3v) is 3.89. The lowest BCUT2D eigenvalue weighted by atomic mass is 9.98. The van der Waals surface area contributed by atoms with Crippen molar-refractivity contribution in [1.29, 1.82) is 0 Å². The number of nitrogens with zero attached hydrogens (tertiary/aromatic N) is 2. The first-order valence-electron chi connectivity index (χ1n) is 6.30. The summed E-state index contributed by atoms with van der Waals surface area (Å²) in [4.78, 5) is 0.646. The van der Waals surface area contributed by atoms with Crippen molar-refractivity contribution in [2.24, 2.45) is 0 Å². The minimum atomic E-state index is -0.984. The highest BCUT2D eigenvalue weighted by Crippen LogP contribution is 2.31. The molecule has 102 valence electrons. The van der Waals surface area contributed by atoms with Crippen LogP contribution in [0, 0.1) is 19.7 Å². The van der Waals surface area contributed by atoms with Crippen LogP contribution in [0.1, 0.15) is 46.7 Å². The van der Waals surface area contributed by atoms with Crippen LogP contribution in [0.4, 0.5) is 4.39 Å². The number of aliphatic hydroxyl groups excluding tert-OH is 1. The molecule has 0 saturated heterocycles. The second-order valence-corrected chi connectivity index (χ2v) is 5.50. The lowest BCUT2D eigenvalue weighted by Gasteiger charge is -2.14. The second kappa shape index (κ2) is 5.75. The van der Waals surface area contributed by atoms with Crippen LogP contribution in [0.25, 0.3) is 0 Å². The Morgan fingerprint density at radius 2 is 2.11 bits per heavy atom. The predicted molar refractivity (Wildman–Crippen MR) is 73.8 cm³/mol. The highest BCUT2D eigenvalue weighted by Gasteiger charge is 2.23. The molecule has 0 aliphatic heterocycles. The summed E-state index contributed by atoms with van der Waals surface area (Å²) < 4.78 is 17.9. The van der Waals surface area contributed by atoms with Crippen LogP contribution in [0.5, 0.6) is 0 Å². The van der Waals surface area contributed by atoms with Gasteiger partial charge in [0.25, 0.3) is 0 Å². The predicted octanol–water partition coefficient (Wildman–Crippen LogP) is 3.33. The fraction of sp³-hybridized carbons (Fsp3) is 0.429. The summed E-state index contributed by atoms with van der Waals surface area (Å²) in [6.07, 6.45) is 0.678. The minimum Gasteiger partial charge on any atom is -0.383 e. The fourth-order valence-electron chi connectivity index (χ4n) is 2.24. The molecule has 19 heavy (non-hydrogen) atoms. The SMILES string of the molecule is CCCc1nnsc1C(O)c1c(C)cc(C)cc1F. The van der Waals surface area contributed by atoms with E-state index in [4.69, 9.17) is 0 Å². The lowest BCUT2D eigenvalue weighted by molar-refractivity contribution is 0.216. The van der Waals surface area contributed by atoms with Crippen LogP contribution < -0.4 is 0 Å². The van der Waals surface area contributed by atoms with Gasteiger partial charge >= 0.3 is 0 Å². The number of rotatable bonds is 4. The van der Waals surface area contributed by atoms with Gasteiger partial charge in [0.2, 0.25) is 0 Å². The van der Waals surface area contributed by atoms with Gasteiger partial charge in [-0.2, -0.15) is 0 Å². The van der Waals surface area contributed by atoms with Crippen molar-refractivity contribution in [1.82, 2.24) is 9.59 Å². The maximum absolute atomic E-state index is 14.1. The lowest BCUT2D eigenvalue weighted by Crippen LogP contribution is -2.06. The number of hydrogen-bond acceptors (Lipinski definition) is 4. The highest BCUT2D eigenvalue weighted by atomic mass is 32.1. The first kappa shape index (κ1) is 14.1. The van der Waals surface area contributed by atoms with Crippen LogP contribution >= 0.6 is 11.5 Å². The van der Waals surface area contributed by atoms with Gasteiger partial charge in [0.1, 0.15) is 11.9 Å². The minimum absolute atomic E-state index is 0.328. The van der Waals surface area contributed by atoms with Gasteiger partial charge in [-0.15, -0.1) is 5.10 Å². The molecule has 1 atom stereocenters. The van der Waals surface area contributed by atoms with Crippen molar-refractivity contribution in [3.05, 3.63) is 45.2 Å². The van der Waals surface area contributed by atoms with E-state index in [1.165, 1.54) is 6.07 Å². The molecule has 1 unspecified atom stereocenters. The van der Waals surface area contributed by atoms with Crippen LogP contribution in [0.15, 0.2) is 12.1 Å². The first-order chi connectivity index (χ1) is 9.04. The molecule has 0 saturated carbocycles. The summed E-state index contributed by atoms with van der Waals surface area (Å²) in [6.45, 7) is 5.68. The van der Waals surface area contributed by atoms with Gasteiger partial charge < -0.3 is 5.11 Å². The molecule has 0 bridgehead atoms. The van der Waals surface area contributed by atoms with Gasteiger partial charge in [0, 0.05) is 5.56 Å². The fourth-order valence-corrected chi connectivity index (χ4v) is 2.93. The molecule has 0 aliphatic carbocycles. The number of aromatic nitrogens is 2. The average Bonchev–Trinajstić information content (AvgIpc) is 2.76. The summed E-state index contributed by atoms with van der Waals surface area (Å²) in [5.74, 6) is -0.374. The molecular weight excluding hydrogens is 263 g/mol. The van der Waals surface area contributed by atoms with Crippen LogP contribution in [0.2, 0.25) is 0 Å². The Morgan fingerprint density at radius 3 is 2.74 bits per heavy atom. The van der Waals surface area contributed by atoms with E-state index >= 15 is 0 Å². The van der Waals surface area contributed by atoms with E-state index in [1.54, 1.807) is 0 Å². The summed E-state index contributed by atoms with van der Waals surface area (Å²) >= 11 is 1.14. The zero-order valence-corrected chi connectivity index (χ0v) is 12.1. The largest absolute Gasteiger partial charge is 0.383 e. The van der Waals surface area contributed by atoms with Crippen LogP contribution in [-0.2, 0) is 6.42 Å². The molecule has 1 aromatic carbocycles. The second-order valence-electron chi connectivity index (χ2n) is 4.71. The molecule has 2 rings (SSSR count). The van der Waals surface area contributed by atoms with Gasteiger partial charge in [-0.1, -0.05) is 23.9 Å². The molecule has 0 aliphatic rings. The zero-order valence-electron chi connectivity index (χ0n) is 11.3. The van der Waals surface area contributed by atoms with E-state index in [0.717, 1.165) is 41.2 Å². The van der Waals surface area contributed by atoms with Crippen molar-refractivity contribution in [2.75, 3.05) is 0 Å². The Kier molecular flexibility index (Phi) is 4.27. The molecule has 1 heterocycles. The molecule has 0 radical (unpaired) electrons. The monoisotopic (exact) mass is 280 g/mol. The number of hydrogen-bond donors (Lipinski definition) is 1. The number of halogens is 1. The topological polar surface area (TPSA) is 46.0 Å². The highest BCUT2D eigenvalue weighted by molar-refractivity contribution is 7.05. The summed E-state index contributed by atoms with van der Waals surface area (Å²) in [5.41, 5.74) is 2.69. The molecule has 3 nitrogen and oxygen atoms in total. The zero-order chi connectivity index (χ0) is 14.0. The molecule has 2 aromatic rings. The van der Waals surface area contributed by atoms with E-state index in [9.17, 15) is 9.50 Å². The van der Waals surface area contributed by atoms with Crippen molar-refractivity contribution >= 4 is 11.5 Å². The molecule has 0 spiro atoms. The van der Waals surface area contributed by atoms with Crippen molar-refractivity contribution in [3.63, 3.8) is 0 Å². The van der Waals surface area contributed by atoms with Crippen molar-refractivity contribution < 1.29 is 9.50 Å². The Balaban J connectivity index is 2.44. The van der Waals surface area contributed by atoms with Crippen molar-refractivity contribution in [3.8, 4) is 0 Å². The summed E-state index contributed by atoms with van der Waals surface area (Å²) in [7, 11) is 0. The molecule has 0 amide bonds. The Hall–Kier alpha value is -1.33. The number of aliphatic hydroxyl groups is 1. The molecule has 1 aromatic heterocycles. The Morgan fingerprint density at radius 1 is 1.37 bits per heavy atom. The summed E-state index contributed by atoms with van der Waals surface area (Å²) in [5, 5.41) is 14.4. The quantitative estimate of drug-likeness (QED) is 0.934. The molecule has 5 heteroatoms. The average molecular weight is 280 g/mol. The smallest absolute Gasteiger partial charge is 0.129 e.